The summed E-state index contributed by atoms with van der Waals surface area (Å²) in [5.41, 5.74) is 3.42. The first-order valence-electron chi connectivity index (χ1n) is 10.1. The van der Waals surface area contributed by atoms with Gasteiger partial charge >= 0.3 is 6.09 Å². The lowest BCUT2D eigenvalue weighted by Gasteiger charge is -2.36. The van der Waals surface area contributed by atoms with Crippen LogP contribution in [0.2, 0.25) is 0 Å². The molecule has 0 unspecified atom stereocenters. The minimum atomic E-state index is -0.446. The second-order valence-corrected chi connectivity index (χ2v) is 8.93. The maximum absolute atomic E-state index is 12.2. The molecule has 6 heteroatoms. The van der Waals surface area contributed by atoms with E-state index < -0.39 is 5.60 Å². The van der Waals surface area contributed by atoms with Crippen LogP contribution in [0.3, 0.4) is 0 Å². The van der Waals surface area contributed by atoms with Gasteiger partial charge in [0.05, 0.1) is 0 Å². The molecule has 158 valence electrons. The van der Waals surface area contributed by atoms with Crippen LogP contribution in [0.15, 0.2) is 12.1 Å². The first kappa shape index (κ1) is 22.5. The van der Waals surface area contributed by atoms with Crippen molar-refractivity contribution in [1.29, 1.82) is 0 Å². The second-order valence-electron chi connectivity index (χ2n) is 8.93. The molecule has 1 aromatic rings. The Morgan fingerprint density at radius 2 is 1.64 bits per heavy atom. The van der Waals surface area contributed by atoms with Crippen molar-refractivity contribution < 1.29 is 14.3 Å². The summed E-state index contributed by atoms with van der Waals surface area (Å²) in [6.07, 6.45) is -0.210. The van der Waals surface area contributed by atoms with E-state index in [0.29, 0.717) is 19.7 Å². The van der Waals surface area contributed by atoms with E-state index in [-0.39, 0.29) is 6.09 Å². The Kier molecular flexibility index (Phi) is 7.72. The molecule has 0 radical (unpaired) electrons. The molecule has 0 aromatic heterocycles. The van der Waals surface area contributed by atoms with Gasteiger partial charge in [0.15, 0.2) is 0 Å². The Morgan fingerprint density at radius 1 is 1.07 bits per heavy atom. The standard InChI is InChI=1S/C22H37N3O3/c1-17-14-19(27-13-12-23(6)7)15-18(2)20(17)16-24-8-10-25(11-9-24)21(26)28-22(3,4)5/h14-15H,8-13,16H2,1-7H3. The summed E-state index contributed by atoms with van der Waals surface area (Å²) >= 11 is 0. The lowest BCUT2D eigenvalue weighted by atomic mass is 10.0. The number of carbonyl (C=O) groups excluding carboxylic acids is 1. The Morgan fingerprint density at radius 3 is 2.14 bits per heavy atom. The molecule has 0 atom stereocenters. The molecule has 1 aromatic carbocycles. The number of rotatable bonds is 6. The number of piperazine rings is 1. The largest absolute Gasteiger partial charge is 0.492 e. The molecule has 0 bridgehead atoms. The Labute approximate surface area is 170 Å². The fraction of sp³-hybridized carbons (Fsp3) is 0.682. The lowest BCUT2D eigenvalue weighted by Crippen LogP contribution is -2.49. The van der Waals surface area contributed by atoms with E-state index in [1.54, 1.807) is 0 Å². The number of benzene rings is 1. The first-order valence-corrected chi connectivity index (χ1v) is 10.1. The van der Waals surface area contributed by atoms with Gasteiger partial charge in [0.25, 0.3) is 0 Å². The lowest BCUT2D eigenvalue weighted by molar-refractivity contribution is 0.0138. The summed E-state index contributed by atoms with van der Waals surface area (Å²) in [5.74, 6) is 0.940. The zero-order valence-corrected chi connectivity index (χ0v) is 18.7. The minimum Gasteiger partial charge on any atom is -0.492 e. The number of aryl methyl sites for hydroxylation is 2. The molecule has 1 saturated heterocycles. The monoisotopic (exact) mass is 391 g/mol. The number of hydrogen-bond acceptors (Lipinski definition) is 5. The van der Waals surface area contributed by atoms with Crippen molar-refractivity contribution in [2.45, 2.75) is 46.8 Å². The maximum atomic E-state index is 12.2. The summed E-state index contributed by atoms with van der Waals surface area (Å²) in [6.45, 7) is 15.6. The van der Waals surface area contributed by atoms with Crippen LogP contribution < -0.4 is 4.74 Å². The van der Waals surface area contributed by atoms with Crippen molar-refractivity contribution in [2.75, 3.05) is 53.4 Å². The van der Waals surface area contributed by atoms with Crippen LogP contribution in [0.5, 0.6) is 5.75 Å². The van der Waals surface area contributed by atoms with E-state index in [1.807, 2.05) is 39.8 Å². The molecule has 0 N–H and O–H groups in total. The van der Waals surface area contributed by atoms with Gasteiger partial charge < -0.3 is 19.3 Å². The highest BCUT2D eigenvalue weighted by atomic mass is 16.6. The molecule has 1 fully saturated rings. The SMILES string of the molecule is Cc1cc(OCCN(C)C)cc(C)c1CN1CCN(C(=O)OC(C)(C)C)CC1. The second kappa shape index (κ2) is 9.61. The third-order valence-electron chi connectivity index (χ3n) is 4.88. The maximum Gasteiger partial charge on any atom is 0.410 e. The Balaban J connectivity index is 1.90. The molecule has 6 nitrogen and oxygen atoms in total. The summed E-state index contributed by atoms with van der Waals surface area (Å²) in [7, 11) is 4.09. The molecule has 28 heavy (non-hydrogen) atoms. The first-order chi connectivity index (χ1) is 13.0. The fourth-order valence-corrected chi connectivity index (χ4v) is 3.27. The van der Waals surface area contributed by atoms with Crippen molar-refractivity contribution in [2.24, 2.45) is 0 Å². The zero-order valence-electron chi connectivity index (χ0n) is 18.7. The predicted octanol–water partition coefficient (Wildman–Crippen LogP) is 3.30. The van der Waals surface area contributed by atoms with Crippen molar-refractivity contribution >= 4 is 6.09 Å². The molecular formula is C22H37N3O3. The van der Waals surface area contributed by atoms with E-state index in [1.165, 1.54) is 16.7 Å². The van der Waals surface area contributed by atoms with E-state index in [0.717, 1.165) is 31.9 Å². The van der Waals surface area contributed by atoms with Crippen LogP contribution in [0.1, 0.15) is 37.5 Å². The highest BCUT2D eigenvalue weighted by molar-refractivity contribution is 5.68. The van der Waals surface area contributed by atoms with E-state index >= 15 is 0 Å². The van der Waals surface area contributed by atoms with Crippen LogP contribution in [-0.2, 0) is 11.3 Å². The number of likely N-dealkylation sites (N-methyl/N-ethyl adjacent to an activating group) is 1. The van der Waals surface area contributed by atoms with Gasteiger partial charge in [-0.15, -0.1) is 0 Å². The molecule has 1 amide bonds. The van der Waals surface area contributed by atoms with Gasteiger partial charge in [-0.1, -0.05) is 0 Å². The summed E-state index contributed by atoms with van der Waals surface area (Å²) in [5, 5.41) is 0. The molecule has 1 heterocycles. The van der Waals surface area contributed by atoms with Crippen LogP contribution in [0.4, 0.5) is 4.79 Å². The van der Waals surface area contributed by atoms with Crippen molar-refractivity contribution in [3.05, 3.63) is 28.8 Å². The normalized spacial score (nSPS) is 15.8. The topological polar surface area (TPSA) is 45.2 Å². The highest BCUT2D eigenvalue weighted by Crippen LogP contribution is 2.24. The third kappa shape index (κ3) is 6.99. The smallest absolute Gasteiger partial charge is 0.410 e. The summed E-state index contributed by atoms with van der Waals surface area (Å²) < 4.78 is 11.4. The number of ether oxygens (including phenoxy) is 2. The number of amides is 1. The number of nitrogens with zero attached hydrogens (tertiary/aromatic N) is 3. The fourth-order valence-electron chi connectivity index (χ4n) is 3.27. The van der Waals surface area contributed by atoms with Crippen molar-refractivity contribution in [3.8, 4) is 5.75 Å². The van der Waals surface area contributed by atoms with Crippen LogP contribution in [-0.4, -0.2) is 79.8 Å². The molecule has 1 aliphatic rings. The average Bonchev–Trinajstić information content (AvgIpc) is 2.57. The minimum absolute atomic E-state index is 0.210. The quantitative estimate of drug-likeness (QED) is 0.745. The Hall–Kier alpha value is -1.79. The number of hydrogen-bond donors (Lipinski definition) is 0. The van der Waals surface area contributed by atoms with Gasteiger partial charge in [0.1, 0.15) is 18.0 Å². The van der Waals surface area contributed by atoms with Crippen molar-refractivity contribution in [3.63, 3.8) is 0 Å². The van der Waals surface area contributed by atoms with E-state index in [9.17, 15) is 4.79 Å². The van der Waals surface area contributed by atoms with Gasteiger partial charge in [0, 0.05) is 39.3 Å². The molecule has 0 aliphatic carbocycles. The third-order valence-corrected chi connectivity index (χ3v) is 4.88. The van der Waals surface area contributed by atoms with Gasteiger partial charge in [-0.25, -0.2) is 4.79 Å². The predicted molar refractivity (Wildman–Crippen MR) is 113 cm³/mol. The van der Waals surface area contributed by atoms with Crippen LogP contribution in [0, 0.1) is 13.8 Å². The molecule has 2 rings (SSSR count). The van der Waals surface area contributed by atoms with Crippen LogP contribution in [0.25, 0.3) is 0 Å². The molecule has 0 spiro atoms. The number of carbonyl (C=O) groups is 1. The van der Waals surface area contributed by atoms with E-state index in [2.05, 4.69) is 35.8 Å². The zero-order chi connectivity index (χ0) is 20.9. The van der Waals surface area contributed by atoms with Gasteiger partial charge in [-0.3, -0.25) is 4.90 Å². The summed E-state index contributed by atoms with van der Waals surface area (Å²) in [4.78, 5) is 18.6. The summed E-state index contributed by atoms with van der Waals surface area (Å²) in [6, 6.07) is 4.27. The van der Waals surface area contributed by atoms with E-state index in [4.69, 9.17) is 9.47 Å². The molecule has 0 saturated carbocycles. The highest BCUT2D eigenvalue weighted by Gasteiger charge is 2.26. The van der Waals surface area contributed by atoms with Crippen molar-refractivity contribution in [1.82, 2.24) is 14.7 Å². The van der Waals surface area contributed by atoms with Gasteiger partial charge in [0.2, 0.25) is 0 Å². The Bertz CT molecular complexity index is 636. The van der Waals surface area contributed by atoms with Crippen LogP contribution >= 0.6 is 0 Å². The average molecular weight is 392 g/mol. The molecular weight excluding hydrogens is 354 g/mol. The molecule has 1 aliphatic heterocycles. The van der Waals surface area contributed by atoms with Gasteiger partial charge in [-0.05, 0) is 77.5 Å². The van der Waals surface area contributed by atoms with Gasteiger partial charge in [-0.2, -0.15) is 0 Å².